The first kappa shape index (κ1) is 11.9. The van der Waals surface area contributed by atoms with Crippen molar-refractivity contribution in [1.82, 2.24) is 10.2 Å². The Morgan fingerprint density at radius 3 is 2.53 bits per heavy atom. The molecule has 4 heteroatoms. The average molecular weight is 233 g/mol. The average Bonchev–Trinajstić information content (AvgIpc) is 2.40. The van der Waals surface area contributed by atoms with Crippen molar-refractivity contribution in [2.24, 2.45) is 0 Å². The van der Waals surface area contributed by atoms with Crippen LogP contribution in [0, 0.1) is 0 Å². The first-order valence-electron chi connectivity index (χ1n) is 6.05. The van der Waals surface area contributed by atoms with E-state index in [9.17, 15) is 4.79 Å². The van der Waals surface area contributed by atoms with E-state index in [4.69, 9.17) is 0 Å². The number of piperazine rings is 1. The van der Waals surface area contributed by atoms with Crippen LogP contribution in [0.1, 0.15) is 5.56 Å². The summed E-state index contributed by atoms with van der Waals surface area (Å²) in [6.07, 6.45) is 0.504. The van der Waals surface area contributed by atoms with E-state index in [1.165, 1.54) is 0 Å². The van der Waals surface area contributed by atoms with Gasteiger partial charge in [0.15, 0.2) is 0 Å². The van der Waals surface area contributed by atoms with Gasteiger partial charge in [-0.25, -0.2) is 0 Å². The summed E-state index contributed by atoms with van der Waals surface area (Å²) in [7, 11) is 1.89. The Morgan fingerprint density at radius 2 is 1.94 bits per heavy atom. The molecule has 0 aliphatic carbocycles. The minimum atomic E-state index is 0.226. The molecule has 0 saturated carbocycles. The van der Waals surface area contributed by atoms with Crippen LogP contribution < -0.4 is 10.6 Å². The second-order valence-electron chi connectivity index (χ2n) is 4.25. The fraction of sp³-hybridized carbons (Fsp3) is 0.462. The van der Waals surface area contributed by atoms with Crippen molar-refractivity contribution in [3.05, 3.63) is 29.8 Å². The molecule has 4 nitrogen and oxygen atoms in total. The van der Waals surface area contributed by atoms with Crippen molar-refractivity contribution in [3.63, 3.8) is 0 Å². The normalized spacial score (nSPS) is 15.7. The van der Waals surface area contributed by atoms with Crippen LogP contribution in [-0.2, 0) is 11.2 Å². The summed E-state index contributed by atoms with van der Waals surface area (Å²) in [5.41, 5.74) is 2.15. The molecule has 0 radical (unpaired) electrons. The largest absolute Gasteiger partial charge is 0.388 e. The summed E-state index contributed by atoms with van der Waals surface area (Å²) in [5.74, 6) is 0.226. The van der Waals surface area contributed by atoms with Crippen molar-refractivity contribution in [2.45, 2.75) is 6.42 Å². The Kier molecular flexibility index (Phi) is 3.98. The topological polar surface area (TPSA) is 44.4 Å². The molecule has 1 saturated heterocycles. The molecule has 1 aliphatic rings. The van der Waals surface area contributed by atoms with Crippen molar-refractivity contribution in [2.75, 3.05) is 38.5 Å². The Balaban J connectivity index is 1.92. The van der Waals surface area contributed by atoms with Gasteiger partial charge in [-0.15, -0.1) is 0 Å². The van der Waals surface area contributed by atoms with E-state index in [1.807, 2.05) is 36.2 Å². The number of carbonyl (C=O) groups is 1. The number of nitrogens with zero attached hydrogens (tertiary/aromatic N) is 1. The van der Waals surface area contributed by atoms with Gasteiger partial charge >= 0.3 is 0 Å². The summed E-state index contributed by atoms with van der Waals surface area (Å²) in [6.45, 7) is 3.47. The Morgan fingerprint density at radius 1 is 1.29 bits per heavy atom. The molecular formula is C13H19N3O. The molecule has 0 aromatic heterocycles. The maximum Gasteiger partial charge on any atom is 0.227 e. The number of benzene rings is 1. The van der Waals surface area contributed by atoms with E-state index in [-0.39, 0.29) is 5.91 Å². The van der Waals surface area contributed by atoms with E-state index in [2.05, 4.69) is 10.6 Å². The lowest BCUT2D eigenvalue weighted by Gasteiger charge is -2.27. The summed E-state index contributed by atoms with van der Waals surface area (Å²) >= 11 is 0. The third-order valence-corrected chi connectivity index (χ3v) is 3.07. The van der Waals surface area contributed by atoms with Crippen molar-refractivity contribution in [1.29, 1.82) is 0 Å². The van der Waals surface area contributed by atoms with E-state index < -0.39 is 0 Å². The van der Waals surface area contributed by atoms with Crippen LogP contribution in [0.4, 0.5) is 5.69 Å². The van der Waals surface area contributed by atoms with Crippen LogP contribution in [-0.4, -0.2) is 44.0 Å². The maximum atomic E-state index is 12.0. The molecular weight excluding hydrogens is 214 g/mol. The van der Waals surface area contributed by atoms with Crippen LogP contribution >= 0.6 is 0 Å². The van der Waals surface area contributed by atoms with Gasteiger partial charge in [-0.05, 0) is 17.7 Å². The Labute approximate surface area is 102 Å². The smallest absolute Gasteiger partial charge is 0.227 e. The predicted molar refractivity (Wildman–Crippen MR) is 69.1 cm³/mol. The zero-order valence-electron chi connectivity index (χ0n) is 10.2. The maximum absolute atomic E-state index is 12.0. The SMILES string of the molecule is CNc1ccc(CC(=O)N2CCNCC2)cc1. The summed E-state index contributed by atoms with van der Waals surface area (Å²) in [5, 5.41) is 6.31. The molecule has 1 fully saturated rings. The molecule has 92 valence electrons. The van der Waals surface area contributed by atoms with Gasteiger partial charge < -0.3 is 15.5 Å². The quantitative estimate of drug-likeness (QED) is 0.808. The monoisotopic (exact) mass is 233 g/mol. The highest BCUT2D eigenvalue weighted by molar-refractivity contribution is 5.79. The molecule has 17 heavy (non-hydrogen) atoms. The molecule has 0 spiro atoms. The molecule has 1 amide bonds. The fourth-order valence-corrected chi connectivity index (χ4v) is 1.99. The van der Waals surface area contributed by atoms with E-state index in [0.29, 0.717) is 6.42 Å². The molecule has 0 bridgehead atoms. The first-order chi connectivity index (χ1) is 8.29. The second kappa shape index (κ2) is 5.68. The van der Waals surface area contributed by atoms with E-state index >= 15 is 0 Å². The van der Waals surface area contributed by atoms with Crippen LogP contribution in [0.3, 0.4) is 0 Å². The molecule has 1 aromatic carbocycles. The lowest BCUT2D eigenvalue weighted by molar-refractivity contribution is -0.131. The summed E-state index contributed by atoms with van der Waals surface area (Å²) in [4.78, 5) is 13.9. The minimum absolute atomic E-state index is 0.226. The Hall–Kier alpha value is -1.55. The number of hydrogen-bond donors (Lipinski definition) is 2. The van der Waals surface area contributed by atoms with Crippen LogP contribution in [0.25, 0.3) is 0 Å². The number of amides is 1. The minimum Gasteiger partial charge on any atom is -0.388 e. The second-order valence-corrected chi connectivity index (χ2v) is 4.25. The van der Waals surface area contributed by atoms with Gasteiger partial charge in [0.05, 0.1) is 6.42 Å². The lowest BCUT2D eigenvalue weighted by atomic mass is 10.1. The molecule has 1 aromatic rings. The number of nitrogens with one attached hydrogen (secondary N) is 2. The zero-order valence-corrected chi connectivity index (χ0v) is 10.2. The van der Waals surface area contributed by atoms with Crippen molar-refractivity contribution in [3.8, 4) is 0 Å². The highest BCUT2D eigenvalue weighted by atomic mass is 16.2. The standard InChI is InChI=1S/C13H19N3O/c1-14-12-4-2-11(3-5-12)10-13(17)16-8-6-15-7-9-16/h2-5,14-15H,6-10H2,1H3. The number of anilines is 1. The van der Waals surface area contributed by atoms with Gasteiger partial charge in [0.1, 0.15) is 0 Å². The van der Waals surface area contributed by atoms with Gasteiger partial charge in [0.2, 0.25) is 5.91 Å². The molecule has 2 N–H and O–H groups in total. The summed E-state index contributed by atoms with van der Waals surface area (Å²) < 4.78 is 0. The number of rotatable bonds is 3. The molecule has 0 unspecified atom stereocenters. The molecule has 0 atom stereocenters. The number of hydrogen-bond acceptors (Lipinski definition) is 3. The van der Waals surface area contributed by atoms with Gasteiger partial charge in [0.25, 0.3) is 0 Å². The van der Waals surface area contributed by atoms with Crippen LogP contribution in [0.15, 0.2) is 24.3 Å². The van der Waals surface area contributed by atoms with Gasteiger partial charge in [0, 0.05) is 38.9 Å². The van der Waals surface area contributed by atoms with Gasteiger partial charge in [-0.1, -0.05) is 12.1 Å². The van der Waals surface area contributed by atoms with E-state index in [0.717, 1.165) is 37.4 Å². The predicted octanol–water partition coefficient (Wildman–Crippen LogP) is 0.703. The molecule has 1 heterocycles. The van der Waals surface area contributed by atoms with Crippen molar-refractivity contribution >= 4 is 11.6 Å². The first-order valence-corrected chi connectivity index (χ1v) is 6.05. The number of carbonyl (C=O) groups excluding carboxylic acids is 1. The van der Waals surface area contributed by atoms with Crippen LogP contribution in [0.5, 0.6) is 0 Å². The third kappa shape index (κ3) is 3.20. The van der Waals surface area contributed by atoms with Gasteiger partial charge in [-0.3, -0.25) is 4.79 Å². The lowest BCUT2D eigenvalue weighted by Crippen LogP contribution is -2.46. The third-order valence-electron chi connectivity index (χ3n) is 3.07. The highest BCUT2D eigenvalue weighted by Gasteiger charge is 2.15. The van der Waals surface area contributed by atoms with E-state index in [1.54, 1.807) is 0 Å². The molecule has 2 rings (SSSR count). The highest BCUT2D eigenvalue weighted by Crippen LogP contribution is 2.10. The van der Waals surface area contributed by atoms with Crippen LogP contribution in [0.2, 0.25) is 0 Å². The zero-order chi connectivity index (χ0) is 12.1. The molecule has 1 aliphatic heterocycles. The Bertz CT molecular complexity index is 369. The van der Waals surface area contributed by atoms with Gasteiger partial charge in [-0.2, -0.15) is 0 Å². The fourth-order valence-electron chi connectivity index (χ4n) is 1.99. The van der Waals surface area contributed by atoms with Crippen molar-refractivity contribution < 1.29 is 4.79 Å². The summed E-state index contributed by atoms with van der Waals surface area (Å²) in [6, 6.07) is 8.01.